The van der Waals surface area contributed by atoms with Gasteiger partial charge in [0.05, 0.1) is 6.61 Å². The zero-order chi connectivity index (χ0) is 7.82. The van der Waals surface area contributed by atoms with Crippen LogP contribution in [0.3, 0.4) is 0 Å². The smallest absolute Gasteiger partial charge is 0.0615 e. The standard InChI is InChI=1S/C9H14O.ClH.H3N/c1-3-5-9(6-4-2)7-8-10;;/h3-4,7,10H,1-2,5-6,8H2;1H;1H3. The van der Waals surface area contributed by atoms with Crippen LogP contribution in [0, 0.1) is 0 Å². The summed E-state index contributed by atoms with van der Waals surface area (Å²) in [7, 11) is 0. The molecule has 0 heterocycles. The van der Waals surface area contributed by atoms with Crippen molar-refractivity contribution in [3.8, 4) is 0 Å². The molecule has 0 rings (SSSR count). The SMILES string of the molecule is C=CCC(=CCO)CC=C.Cl.N. The summed E-state index contributed by atoms with van der Waals surface area (Å²) in [4.78, 5) is 0. The molecule has 0 aromatic carbocycles. The minimum Gasteiger partial charge on any atom is -0.392 e. The first-order valence-electron chi connectivity index (χ1n) is 3.35. The van der Waals surface area contributed by atoms with Crippen molar-refractivity contribution in [3.05, 3.63) is 37.0 Å². The summed E-state index contributed by atoms with van der Waals surface area (Å²) in [5.41, 5.74) is 1.17. The largest absolute Gasteiger partial charge is 0.392 e. The Balaban J connectivity index is -0.000000405. The van der Waals surface area contributed by atoms with Crippen molar-refractivity contribution >= 4 is 12.4 Å². The highest BCUT2D eigenvalue weighted by molar-refractivity contribution is 5.85. The van der Waals surface area contributed by atoms with Crippen LogP contribution in [0.15, 0.2) is 37.0 Å². The molecule has 12 heavy (non-hydrogen) atoms. The maximum Gasteiger partial charge on any atom is 0.0615 e. The van der Waals surface area contributed by atoms with Gasteiger partial charge in [0.15, 0.2) is 0 Å². The molecule has 0 fully saturated rings. The van der Waals surface area contributed by atoms with E-state index in [0.29, 0.717) is 0 Å². The average molecular weight is 192 g/mol. The second-order valence-corrected chi connectivity index (χ2v) is 2.03. The van der Waals surface area contributed by atoms with Crippen molar-refractivity contribution in [2.75, 3.05) is 6.61 Å². The van der Waals surface area contributed by atoms with Crippen LogP contribution in [0.25, 0.3) is 0 Å². The quantitative estimate of drug-likeness (QED) is 0.657. The maximum atomic E-state index is 8.54. The number of hydrogen-bond acceptors (Lipinski definition) is 2. The highest BCUT2D eigenvalue weighted by Gasteiger charge is 1.88. The summed E-state index contributed by atoms with van der Waals surface area (Å²) < 4.78 is 0. The molecule has 0 aliphatic heterocycles. The molecule has 0 saturated carbocycles. The van der Waals surface area contributed by atoms with Gasteiger partial charge in [-0.3, -0.25) is 0 Å². The van der Waals surface area contributed by atoms with Gasteiger partial charge in [0.25, 0.3) is 0 Å². The molecule has 0 spiro atoms. The molecular formula is C9H18ClNO. The number of aliphatic hydroxyl groups is 1. The van der Waals surface area contributed by atoms with Crippen LogP contribution in [0.5, 0.6) is 0 Å². The van der Waals surface area contributed by atoms with Gasteiger partial charge in [0.2, 0.25) is 0 Å². The van der Waals surface area contributed by atoms with E-state index in [4.69, 9.17) is 5.11 Å². The van der Waals surface area contributed by atoms with Gasteiger partial charge in [-0.15, -0.1) is 25.6 Å². The predicted molar refractivity (Wildman–Crippen MR) is 57.1 cm³/mol. The van der Waals surface area contributed by atoms with Gasteiger partial charge in [-0.25, -0.2) is 0 Å². The van der Waals surface area contributed by atoms with Crippen LogP contribution < -0.4 is 6.15 Å². The van der Waals surface area contributed by atoms with E-state index in [-0.39, 0.29) is 25.2 Å². The molecule has 0 bridgehead atoms. The fourth-order valence-corrected chi connectivity index (χ4v) is 0.750. The molecule has 0 unspecified atom stereocenters. The number of hydrogen-bond donors (Lipinski definition) is 2. The maximum absolute atomic E-state index is 8.54. The van der Waals surface area contributed by atoms with Gasteiger partial charge in [-0.1, -0.05) is 23.8 Å². The number of rotatable bonds is 5. The summed E-state index contributed by atoms with van der Waals surface area (Å²) in [6.07, 6.45) is 7.12. The lowest BCUT2D eigenvalue weighted by Gasteiger charge is -1.97. The lowest BCUT2D eigenvalue weighted by molar-refractivity contribution is 0.341. The summed E-state index contributed by atoms with van der Waals surface area (Å²) in [6.45, 7) is 7.32. The van der Waals surface area contributed by atoms with E-state index in [2.05, 4.69) is 13.2 Å². The average Bonchev–Trinajstić information content (AvgIpc) is 1.90. The van der Waals surface area contributed by atoms with E-state index >= 15 is 0 Å². The second-order valence-electron chi connectivity index (χ2n) is 2.03. The van der Waals surface area contributed by atoms with Crippen LogP contribution in [-0.4, -0.2) is 11.7 Å². The topological polar surface area (TPSA) is 55.2 Å². The first-order chi connectivity index (χ1) is 4.85. The van der Waals surface area contributed by atoms with E-state index in [9.17, 15) is 0 Å². The van der Waals surface area contributed by atoms with E-state index in [1.807, 2.05) is 12.2 Å². The van der Waals surface area contributed by atoms with Gasteiger partial charge in [-0.2, -0.15) is 0 Å². The molecule has 0 aromatic rings. The van der Waals surface area contributed by atoms with E-state index in [0.717, 1.165) is 12.8 Å². The lowest BCUT2D eigenvalue weighted by atomic mass is 10.1. The van der Waals surface area contributed by atoms with Crippen LogP contribution in [0.4, 0.5) is 0 Å². The molecule has 4 N–H and O–H groups in total. The predicted octanol–water partition coefficient (Wildman–Crippen LogP) is 2.64. The summed E-state index contributed by atoms with van der Waals surface area (Å²) in [6, 6.07) is 0. The lowest BCUT2D eigenvalue weighted by Crippen LogP contribution is -1.82. The van der Waals surface area contributed by atoms with E-state index < -0.39 is 0 Å². The zero-order valence-corrected chi connectivity index (χ0v) is 8.15. The van der Waals surface area contributed by atoms with Gasteiger partial charge in [-0.05, 0) is 12.8 Å². The number of halogens is 1. The van der Waals surface area contributed by atoms with Crippen molar-refractivity contribution < 1.29 is 5.11 Å². The third-order valence-electron chi connectivity index (χ3n) is 1.19. The Hall–Kier alpha value is -0.570. The third kappa shape index (κ3) is 9.43. The van der Waals surface area contributed by atoms with E-state index in [1.165, 1.54) is 5.57 Å². The van der Waals surface area contributed by atoms with Crippen molar-refractivity contribution in [2.24, 2.45) is 0 Å². The fourth-order valence-electron chi connectivity index (χ4n) is 0.750. The highest BCUT2D eigenvalue weighted by Crippen LogP contribution is 2.06. The molecule has 0 atom stereocenters. The minimum atomic E-state index is 0. The Morgan fingerprint density at radius 2 is 1.58 bits per heavy atom. The van der Waals surface area contributed by atoms with Gasteiger partial charge < -0.3 is 11.3 Å². The monoisotopic (exact) mass is 191 g/mol. The van der Waals surface area contributed by atoms with Crippen LogP contribution in [0.1, 0.15) is 12.8 Å². The van der Waals surface area contributed by atoms with Gasteiger partial charge in [0.1, 0.15) is 0 Å². The second kappa shape index (κ2) is 13.1. The summed E-state index contributed by atoms with van der Waals surface area (Å²) in [5, 5.41) is 8.54. The first kappa shape index (κ1) is 17.5. The van der Waals surface area contributed by atoms with Crippen molar-refractivity contribution in [3.63, 3.8) is 0 Å². The Bertz CT molecular complexity index is 131. The summed E-state index contributed by atoms with van der Waals surface area (Å²) in [5.74, 6) is 0. The summed E-state index contributed by atoms with van der Waals surface area (Å²) >= 11 is 0. The Morgan fingerprint density at radius 3 is 1.83 bits per heavy atom. The van der Waals surface area contributed by atoms with E-state index in [1.54, 1.807) is 6.08 Å². The fraction of sp³-hybridized carbons (Fsp3) is 0.333. The first-order valence-corrected chi connectivity index (χ1v) is 3.35. The van der Waals surface area contributed by atoms with Crippen LogP contribution in [-0.2, 0) is 0 Å². The molecule has 3 heteroatoms. The van der Waals surface area contributed by atoms with Crippen molar-refractivity contribution in [1.29, 1.82) is 0 Å². The Morgan fingerprint density at radius 1 is 1.17 bits per heavy atom. The number of aliphatic hydroxyl groups excluding tert-OH is 1. The number of allylic oxidation sites excluding steroid dienone is 3. The zero-order valence-electron chi connectivity index (χ0n) is 7.33. The molecule has 2 nitrogen and oxygen atoms in total. The van der Waals surface area contributed by atoms with Crippen LogP contribution in [0.2, 0.25) is 0 Å². The van der Waals surface area contributed by atoms with Crippen molar-refractivity contribution in [2.45, 2.75) is 12.8 Å². The Kier molecular flexibility index (Phi) is 19.0. The van der Waals surface area contributed by atoms with Crippen LogP contribution >= 0.6 is 12.4 Å². The third-order valence-corrected chi connectivity index (χ3v) is 1.19. The Labute approximate surface area is 80.7 Å². The minimum absolute atomic E-state index is 0. The molecule has 72 valence electrons. The molecule has 0 saturated heterocycles. The molecule has 0 amide bonds. The normalized spacial score (nSPS) is 7.08. The van der Waals surface area contributed by atoms with Gasteiger partial charge >= 0.3 is 0 Å². The van der Waals surface area contributed by atoms with Gasteiger partial charge in [0, 0.05) is 0 Å². The molecule has 0 aliphatic carbocycles. The molecule has 0 aromatic heterocycles. The molecule has 0 radical (unpaired) electrons. The molecule has 0 aliphatic rings. The molecular weight excluding hydrogens is 174 g/mol. The highest BCUT2D eigenvalue weighted by atomic mass is 35.5. The van der Waals surface area contributed by atoms with Crippen molar-refractivity contribution in [1.82, 2.24) is 6.15 Å².